The van der Waals surface area contributed by atoms with Crippen LogP contribution in [0.4, 0.5) is 5.82 Å². The Hall–Kier alpha value is -3.37. The van der Waals surface area contributed by atoms with E-state index < -0.39 is 10.0 Å². The number of nitrogens with zero attached hydrogens (tertiary/aromatic N) is 5. The fraction of sp³-hybridized carbons (Fsp3) is 0.0588. The minimum Gasteiger partial charge on any atom is -0.365 e. The predicted octanol–water partition coefficient (Wildman–Crippen LogP) is 1.47. The molecular formula is C17H15N7O2S. The Morgan fingerprint density at radius 3 is 2.63 bits per heavy atom. The lowest BCUT2D eigenvalue weighted by atomic mass is 10.2. The van der Waals surface area contributed by atoms with Gasteiger partial charge in [0.2, 0.25) is 10.0 Å². The maximum absolute atomic E-state index is 11.8. The second-order valence-electron chi connectivity index (χ2n) is 5.77. The molecule has 0 aliphatic carbocycles. The number of sulfonamides is 1. The standard InChI is InChI=1S/C17H15N7O2S/c18-27(25,26)15-8-4-7-14-13(15)10-21-24(14)17-22-16(11-20-23-17)19-9-12-5-2-1-3-6-12/h1-8,10-11H,9H2,(H2,18,25,26)(H,19,22,23). The van der Waals surface area contributed by atoms with Gasteiger partial charge in [0.1, 0.15) is 0 Å². The molecule has 0 unspecified atom stereocenters. The van der Waals surface area contributed by atoms with Crippen LogP contribution in [-0.2, 0) is 16.6 Å². The van der Waals surface area contributed by atoms with Crippen molar-refractivity contribution in [3.05, 3.63) is 66.5 Å². The van der Waals surface area contributed by atoms with Crippen LogP contribution in [0.1, 0.15) is 5.56 Å². The molecule has 4 rings (SSSR count). The highest BCUT2D eigenvalue weighted by atomic mass is 32.2. The molecule has 136 valence electrons. The first-order chi connectivity index (χ1) is 13.0. The van der Waals surface area contributed by atoms with Crippen LogP contribution in [0.15, 0.2) is 65.8 Å². The molecule has 0 aliphatic rings. The third kappa shape index (κ3) is 3.48. The van der Waals surface area contributed by atoms with E-state index in [-0.39, 0.29) is 10.8 Å². The molecule has 0 radical (unpaired) electrons. The topological polar surface area (TPSA) is 129 Å². The molecule has 4 aromatic rings. The van der Waals surface area contributed by atoms with Gasteiger partial charge in [-0.05, 0) is 17.7 Å². The SMILES string of the molecule is NS(=O)(=O)c1cccc2c1cnn2-c1nncc(NCc2ccccc2)n1. The smallest absolute Gasteiger partial charge is 0.272 e. The first-order valence-electron chi connectivity index (χ1n) is 8.00. The predicted molar refractivity (Wildman–Crippen MR) is 99.6 cm³/mol. The van der Waals surface area contributed by atoms with E-state index in [1.54, 1.807) is 12.1 Å². The fourth-order valence-corrected chi connectivity index (χ4v) is 3.42. The second-order valence-corrected chi connectivity index (χ2v) is 7.30. The van der Waals surface area contributed by atoms with E-state index in [9.17, 15) is 8.42 Å². The molecule has 3 N–H and O–H groups in total. The highest BCUT2D eigenvalue weighted by molar-refractivity contribution is 7.89. The van der Waals surface area contributed by atoms with Gasteiger partial charge in [-0.25, -0.2) is 13.6 Å². The van der Waals surface area contributed by atoms with Crippen molar-refractivity contribution < 1.29 is 8.42 Å². The van der Waals surface area contributed by atoms with E-state index in [4.69, 9.17) is 5.14 Å². The summed E-state index contributed by atoms with van der Waals surface area (Å²) in [5.74, 6) is 0.740. The Kier molecular flexibility index (Phi) is 4.26. The van der Waals surface area contributed by atoms with E-state index in [0.717, 1.165) is 5.56 Å². The Balaban J connectivity index is 1.68. The van der Waals surface area contributed by atoms with Gasteiger partial charge in [-0.15, -0.1) is 5.10 Å². The largest absolute Gasteiger partial charge is 0.365 e. The van der Waals surface area contributed by atoms with Crippen LogP contribution in [0.5, 0.6) is 0 Å². The summed E-state index contributed by atoms with van der Waals surface area (Å²) < 4.78 is 24.9. The molecular weight excluding hydrogens is 366 g/mol. The molecule has 2 aromatic heterocycles. The number of rotatable bonds is 5. The lowest BCUT2D eigenvalue weighted by molar-refractivity contribution is 0.598. The van der Waals surface area contributed by atoms with E-state index in [1.165, 1.54) is 23.1 Å². The summed E-state index contributed by atoms with van der Waals surface area (Å²) in [7, 11) is -3.87. The maximum atomic E-state index is 11.8. The number of nitrogens with two attached hydrogens (primary N) is 1. The van der Waals surface area contributed by atoms with Gasteiger partial charge < -0.3 is 5.32 Å². The van der Waals surface area contributed by atoms with E-state index in [2.05, 4.69) is 25.6 Å². The summed E-state index contributed by atoms with van der Waals surface area (Å²) in [6, 6.07) is 14.6. The van der Waals surface area contributed by atoms with Crippen LogP contribution in [0, 0.1) is 0 Å². The summed E-state index contributed by atoms with van der Waals surface area (Å²) in [4.78, 5) is 4.41. The van der Waals surface area contributed by atoms with Gasteiger partial charge in [0, 0.05) is 11.9 Å². The summed E-state index contributed by atoms with van der Waals surface area (Å²) in [6.45, 7) is 0.578. The molecule has 0 spiro atoms. The van der Waals surface area contributed by atoms with Crippen LogP contribution in [0.25, 0.3) is 16.9 Å². The van der Waals surface area contributed by atoms with Crippen molar-refractivity contribution in [2.45, 2.75) is 11.4 Å². The third-order valence-corrected chi connectivity index (χ3v) is 4.90. The molecule has 10 heteroatoms. The first-order valence-corrected chi connectivity index (χ1v) is 9.54. The number of anilines is 1. The third-order valence-electron chi connectivity index (χ3n) is 3.93. The maximum Gasteiger partial charge on any atom is 0.272 e. The molecule has 0 atom stereocenters. The normalized spacial score (nSPS) is 11.6. The van der Waals surface area contributed by atoms with Crippen LogP contribution >= 0.6 is 0 Å². The van der Waals surface area contributed by atoms with Gasteiger partial charge in [-0.3, -0.25) is 0 Å². The molecule has 0 amide bonds. The Morgan fingerprint density at radius 1 is 1.04 bits per heavy atom. The molecule has 0 bridgehead atoms. The van der Waals surface area contributed by atoms with Crippen molar-refractivity contribution >= 4 is 26.7 Å². The lowest BCUT2D eigenvalue weighted by Gasteiger charge is -2.07. The minimum atomic E-state index is -3.87. The van der Waals surface area contributed by atoms with Crippen molar-refractivity contribution in [3.63, 3.8) is 0 Å². The quantitative estimate of drug-likeness (QED) is 0.535. The van der Waals surface area contributed by atoms with Crippen molar-refractivity contribution in [2.75, 3.05) is 5.32 Å². The monoisotopic (exact) mass is 381 g/mol. The lowest BCUT2D eigenvalue weighted by Crippen LogP contribution is -2.12. The van der Waals surface area contributed by atoms with Gasteiger partial charge in [-0.1, -0.05) is 36.4 Å². The Bertz CT molecular complexity index is 1210. The first kappa shape index (κ1) is 17.1. The van der Waals surface area contributed by atoms with Gasteiger partial charge in [0.25, 0.3) is 5.95 Å². The zero-order valence-electron chi connectivity index (χ0n) is 14.0. The summed E-state index contributed by atoms with van der Waals surface area (Å²) in [5.41, 5.74) is 1.61. The molecule has 0 aliphatic heterocycles. The number of nitrogens with one attached hydrogen (secondary N) is 1. The molecule has 2 heterocycles. The number of fused-ring (bicyclic) bond motifs is 1. The van der Waals surface area contributed by atoms with Gasteiger partial charge >= 0.3 is 0 Å². The fourth-order valence-electron chi connectivity index (χ4n) is 2.69. The zero-order valence-corrected chi connectivity index (χ0v) is 14.8. The highest BCUT2D eigenvalue weighted by Gasteiger charge is 2.17. The zero-order chi connectivity index (χ0) is 18.9. The summed E-state index contributed by atoms with van der Waals surface area (Å²) in [6.07, 6.45) is 2.93. The molecule has 0 saturated carbocycles. The van der Waals surface area contributed by atoms with Gasteiger partial charge in [-0.2, -0.15) is 19.9 Å². The van der Waals surface area contributed by atoms with Crippen LogP contribution in [0.3, 0.4) is 0 Å². The van der Waals surface area contributed by atoms with Crippen LogP contribution in [0.2, 0.25) is 0 Å². The van der Waals surface area contributed by atoms with Crippen molar-refractivity contribution in [1.82, 2.24) is 25.0 Å². The van der Waals surface area contributed by atoms with E-state index in [1.807, 2.05) is 30.3 Å². The number of primary sulfonamides is 1. The number of aromatic nitrogens is 5. The van der Waals surface area contributed by atoms with Gasteiger partial charge in [0.15, 0.2) is 5.82 Å². The Morgan fingerprint density at radius 2 is 1.85 bits per heavy atom. The molecule has 9 nitrogen and oxygen atoms in total. The Labute approximate surface area is 154 Å². The number of hydrogen-bond acceptors (Lipinski definition) is 7. The van der Waals surface area contributed by atoms with E-state index in [0.29, 0.717) is 23.3 Å². The molecule has 2 aromatic carbocycles. The van der Waals surface area contributed by atoms with Crippen molar-refractivity contribution in [3.8, 4) is 5.95 Å². The summed E-state index contributed by atoms with van der Waals surface area (Å²) >= 11 is 0. The average molecular weight is 381 g/mol. The second kappa shape index (κ2) is 6.74. The highest BCUT2D eigenvalue weighted by Crippen LogP contribution is 2.23. The van der Waals surface area contributed by atoms with Crippen LogP contribution < -0.4 is 10.5 Å². The minimum absolute atomic E-state index is 0.00225. The summed E-state index contributed by atoms with van der Waals surface area (Å²) in [5, 5.41) is 21.0. The van der Waals surface area contributed by atoms with Crippen molar-refractivity contribution in [1.29, 1.82) is 0 Å². The number of benzene rings is 2. The number of hydrogen-bond donors (Lipinski definition) is 2. The average Bonchev–Trinajstić information content (AvgIpc) is 3.11. The molecule has 27 heavy (non-hydrogen) atoms. The van der Waals surface area contributed by atoms with Crippen molar-refractivity contribution in [2.24, 2.45) is 5.14 Å². The molecule has 0 saturated heterocycles. The van der Waals surface area contributed by atoms with Crippen LogP contribution in [-0.4, -0.2) is 33.4 Å². The van der Waals surface area contributed by atoms with Gasteiger partial charge in [0.05, 0.1) is 22.8 Å². The van der Waals surface area contributed by atoms with E-state index >= 15 is 0 Å². The molecule has 0 fully saturated rings.